The van der Waals surface area contributed by atoms with Crippen LogP contribution in [0.3, 0.4) is 0 Å². The molecule has 0 saturated heterocycles. The van der Waals surface area contributed by atoms with Gasteiger partial charge in [0, 0.05) is 31.5 Å². The highest BCUT2D eigenvalue weighted by Gasteiger charge is 2.53. The summed E-state index contributed by atoms with van der Waals surface area (Å²) in [4.78, 5) is 25.1. The first kappa shape index (κ1) is 23.5. The molecule has 7 atom stereocenters. The van der Waals surface area contributed by atoms with Gasteiger partial charge in [0.05, 0.1) is 12.7 Å². The van der Waals surface area contributed by atoms with Crippen LogP contribution in [0.2, 0.25) is 0 Å². The Morgan fingerprint density at radius 2 is 1.80 bits per heavy atom. The average Bonchev–Trinajstić information content (AvgIpc) is 3.21. The van der Waals surface area contributed by atoms with Gasteiger partial charge in [-0.15, -0.1) is 0 Å². The second-order valence-corrected chi connectivity index (χ2v) is 10.5. The third kappa shape index (κ3) is 5.01. The van der Waals surface area contributed by atoms with Crippen molar-refractivity contribution < 1.29 is 19.4 Å². The van der Waals surface area contributed by atoms with Gasteiger partial charge in [-0.2, -0.15) is 0 Å². The lowest BCUT2D eigenvalue weighted by atomic mass is 9.51. The number of fused-ring (bicyclic) bond motifs is 1. The maximum absolute atomic E-state index is 12.9. The molecule has 172 valence electrons. The second-order valence-electron chi connectivity index (χ2n) is 10.5. The first-order valence-electron chi connectivity index (χ1n) is 12.0. The molecule has 3 N–H and O–H groups in total. The molecular formula is C24H42N2O4. The summed E-state index contributed by atoms with van der Waals surface area (Å²) >= 11 is 0. The van der Waals surface area contributed by atoms with Gasteiger partial charge in [0.15, 0.2) is 0 Å². The van der Waals surface area contributed by atoms with Crippen LogP contribution in [0.15, 0.2) is 0 Å². The van der Waals surface area contributed by atoms with Gasteiger partial charge in [0.1, 0.15) is 0 Å². The lowest BCUT2D eigenvalue weighted by Crippen LogP contribution is -2.58. The number of hydrogen-bond acceptors (Lipinski definition) is 4. The van der Waals surface area contributed by atoms with Crippen molar-refractivity contribution in [3.63, 3.8) is 0 Å². The summed E-state index contributed by atoms with van der Waals surface area (Å²) in [6.45, 7) is 6.86. The molecule has 3 aliphatic rings. The molecular weight excluding hydrogens is 380 g/mol. The Morgan fingerprint density at radius 3 is 2.47 bits per heavy atom. The average molecular weight is 423 g/mol. The fourth-order valence-corrected chi connectivity index (χ4v) is 6.57. The summed E-state index contributed by atoms with van der Waals surface area (Å²) < 4.78 is 5.02. The summed E-state index contributed by atoms with van der Waals surface area (Å²) in [5, 5.41) is 17.9. The van der Waals surface area contributed by atoms with Crippen LogP contribution in [-0.4, -0.2) is 48.8 Å². The van der Waals surface area contributed by atoms with Crippen LogP contribution in [0.25, 0.3) is 0 Å². The molecule has 0 radical (unpaired) electrons. The smallest absolute Gasteiger partial charge is 0.223 e. The maximum atomic E-state index is 12.9. The van der Waals surface area contributed by atoms with Crippen molar-refractivity contribution >= 4 is 11.8 Å². The maximum Gasteiger partial charge on any atom is 0.223 e. The molecule has 2 amide bonds. The van der Waals surface area contributed by atoms with Crippen molar-refractivity contribution in [2.45, 2.75) is 96.7 Å². The number of rotatable bonds is 7. The van der Waals surface area contributed by atoms with E-state index in [2.05, 4.69) is 24.5 Å². The van der Waals surface area contributed by atoms with E-state index in [9.17, 15) is 14.7 Å². The van der Waals surface area contributed by atoms with Gasteiger partial charge >= 0.3 is 0 Å². The highest BCUT2D eigenvalue weighted by atomic mass is 16.5. The van der Waals surface area contributed by atoms with Gasteiger partial charge in [-0.1, -0.05) is 33.6 Å². The van der Waals surface area contributed by atoms with E-state index in [1.165, 1.54) is 12.8 Å². The van der Waals surface area contributed by atoms with E-state index in [-0.39, 0.29) is 46.9 Å². The van der Waals surface area contributed by atoms with Crippen molar-refractivity contribution in [2.75, 3.05) is 13.7 Å². The monoisotopic (exact) mass is 422 g/mol. The number of carbonyl (C=O) groups is 2. The van der Waals surface area contributed by atoms with Crippen molar-refractivity contribution in [3.05, 3.63) is 0 Å². The quantitative estimate of drug-likeness (QED) is 0.588. The van der Waals surface area contributed by atoms with Gasteiger partial charge in [0.2, 0.25) is 11.8 Å². The number of aliphatic hydroxyl groups excluding tert-OH is 1. The van der Waals surface area contributed by atoms with E-state index in [4.69, 9.17) is 4.74 Å². The van der Waals surface area contributed by atoms with E-state index >= 15 is 0 Å². The van der Waals surface area contributed by atoms with Crippen molar-refractivity contribution in [1.29, 1.82) is 0 Å². The minimum atomic E-state index is -0.512. The largest absolute Gasteiger partial charge is 0.392 e. The van der Waals surface area contributed by atoms with Crippen LogP contribution in [0, 0.1) is 29.1 Å². The molecule has 6 heteroatoms. The third-order valence-electron chi connectivity index (χ3n) is 8.52. The number of carbonyl (C=O) groups excluding carboxylic acids is 2. The summed E-state index contributed by atoms with van der Waals surface area (Å²) in [6, 6.07) is 0.384. The van der Waals surface area contributed by atoms with Crippen LogP contribution < -0.4 is 10.6 Å². The predicted octanol–water partition coefficient (Wildman–Crippen LogP) is 3.03. The summed E-state index contributed by atoms with van der Waals surface area (Å²) in [6.07, 6.45) is 8.28. The van der Waals surface area contributed by atoms with E-state index in [0.29, 0.717) is 19.1 Å². The lowest BCUT2D eigenvalue weighted by molar-refractivity contribution is -0.144. The van der Waals surface area contributed by atoms with Crippen molar-refractivity contribution in [1.82, 2.24) is 10.6 Å². The Morgan fingerprint density at radius 1 is 1.13 bits per heavy atom. The number of ether oxygens (including phenoxy) is 1. The zero-order valence-corrected chi connectivity index (χ0v) is 19.3. The second kappa shape index (κ2) is 9.99. The van der Waals surface area contributed by atoms with Crippen LogP contribution in [0.5, 0.6) is 0 Å². The molecule has 0 spiro atoms. The molecule has 30 heavy (non-hydrogen) atoms. The van der Waals surface area contributed by atoms with Crippen LogP contribution in [0.4, 0.5) is 0 Å². The number of hydrogen-bond donors (Lipinski definition) is 3. The fraction of sp³-hybridized carbons (Fsp3) is 0.917. The Bertz CT molecular complexity index is 606. The van der Waals surface area contributed by atoms with Gasteiger partial charge in [-0.05, 0) is 61.7 Å². The van der Waals surface area contributed by atoms with E-state index in [1.54, 1.807) is 7.11 Å². The highest BCUT2D eigenvalue weighted by Crippen LogP contribution is 2.55. The molecule has 3 saturated carbocycles. The molecule has 0 aromatic rings. The van der Waals surface area contributed by atoms with Crippen LogP contribution >= 0.6 is 0 Å². The summed E-state index contributed by atoms with van der Waals surface area (Å²) in [7, 11) is 1.60. The third-order valence-corrected chi connectivity index (χ3v) is 8.52. The lowest BCUT2D eigenvalue weighted by Gasteiger charge is -2.56. The fourth-order valence-electron chi connectivity index (χ4n) is 6.57. The van der Waals surface area contributed by atoms with Gasteiger partial charge < -0.3 is 20.5 Å². The zero-order valence-electron chi connectivity index (χ0n) is 19.3. The predicted molar refractivity (Wildman–Crippen MR) is 117 cm³/mol. The minimum Gasteiger partial charge on any atom is -0.392 e. The van der Waals surface area contributed by atoms with Crippen molar-refractivity contribution in [3.8, 4) is 0 Å². The molecule has 0 aromatic carbocycles. The standard InChI is InChI=1S/C24H42N2O4/c1-15(23(29)25-17-7-5-6-8-17)18-9-12-24(3)13-10-19(16(2)21(24)22(18)28)26-20(27)11-14-30-4/h15-19,21-22,28H,5-14H2,1-4H3,(H,25,29)(H,26,27)/t15-,16+,18+,19-,21+,22-,24-/m0/s1. The summed E-state index contributed by atoms with van der Waals surface area (Å²) in [5.41, 5.74) is 0.0741. The first-order valence-corrected chi connectivity index (χ1v) is 12.0. The molecule has 3 aliphatic carbocycles. The number of amides is 2. The molecule has 3 rings (SSSR count). The Hall–Kier alpha value is -1.14. The normalized spacial score (nSPS) is 38.0. The molecule has 0 bridgehead atoms. The summed E-state index contributed by atoms with van der Waals surface area (Å²) in [5.74, 6) is 0.187. The van der Waals surface area contributed by atoms with Gasteiger partial charge in [-0.25, -0.2) is 0 Å². The Balaban J connectivity index is 1.65. The molecule has 0 aromatic heterocycles. The highest BCUT2D eigenvalue weighted by molar-refractivity contribution is 5.79. The number of aliphatic hydroxyl groups is 1. The van der Waals surface area contributed by atoms with E-state index in [0.717, 1.165) is 38.5 Å². The topological polar surface area (TPSA) is 87.7 Å². The molecule has 0 unspecified atom stereocenters. The van der Waals surface area contributed by atoms with Gasteiger partial charge in [-0.3, -0.25) is 9.59 Å². The molecule has 6 nitrogen and oxygen atoms in total. The van der Waals surface area contributed by atoms with Gasteiger partial charge in [0.25, 0.3) is 0 Å². The van der Waals surface area contributed by atoms with Crippen LogP contribution in [0.1, 0.15) is 78.6 Å². The van der Waals surface area contributed by atoms with Crippen LogP contribution in [-0.2, 0) is 14.3 Å². The Labute approximate surface area is 181 Å². The minimum absolute atomic E-state index is 0.0171. The molecule has 0 aliphatic heterocycles. The first-order chi connectivity index (χ1) is 14.3. The molecule has 3 fully saturated rings. The van der Waals surface area contributed by atoms with E-state index < -0.39 is 6.10 Å². The zero-order chi connectivity index (χ0) is 21.9. The van der Waals surface area contributed by atoms with Crippen molar-refractivity contribution in [2.24, 2.45) is 29.1 Å². The van der Waals surface area contributed by atoms with E-state index in [1.807, 2.05) is 6.92 Å². The number of methoxy groups -OCH3 is 1. The Kier molecular flexibility index (Phi) is 7.83. The number of nitrogens with one attached hydrogen (secondary N) is 2. The molecule has 0 heterocycles. The SMILES string of the molecule is COCCC(=O)N[C@H]1CC[C@]2(C)CC[C@H]([C@H](C)C(=O)NC3CCCC3)[C@H](O)[C@H]2[C@@H]1C.